The summed E-state index contributed by atoms with van der Waals surface area (Å²) in [6.45, 7) is 2.85. The quantitative estimate of drug-likeness (QED) is 0.289. The minimum atomic E-state index is -0.747. The first kappa shape index (κ1) is 26.7. The van der Waals surface area contributed by atoms with Gasteiger partial charge in [0.1, 0.15) is 18.2 Å². The Labute approximate surface area is 211 Å². The van der Waals surface area contributed by atoms with Crippen molar-refractivity contribution in [3.05, 3.63) is 48.3 Å². The lowest BCUT2D eigenvalue weighted by Crippen LogP contribution is -2.41. The van der Waals surface area contributed by atoms with Crippen LogP contribution >= 0.6 is 0 Å². The Balaban J connectivity index is 1.78. The summed E-state index contributed by atoms with van der Waals surface area (Å²) in [7, 11) is 6.95. The van der Waals surface area contributed by atoms with Crippen LogP contribution in [0.4, 0.5) is 11.5 Å². The number of amides is 1. The summed E-state index contributed by atoms with van der Waals surface area (Å²) >= 11 is 0. The van der Waals surface area contributed by atoms with E-state index in [0.29, 0.717) is 30.3 Å². The Morgan fingerprint density at radius 3 is 2.44 bits per heavy atom. The average molecular weight is 496 g/mol. The predicted octanol–water partition coefficient (Wildman–Crippen LogP) is 2.93. The number of anilines is 2. The standard InChI is InChI=1S/C26H33N5O5/c1-17(32)29-22(26(33)35-5)13-18-7-9-19(10-8-18)30-25-20-14-24(36-12-6-11-31(2)3)23(34-4)15-21(20)27-16-28-25/h7-10,14-16,22H,6,11-13H2,1-5H3,(H,29,32)(H,27,28,30)/t22-/m1/s1. The molecule has 1 amide bonds. The zero-order valence-corrected chi connectivity index (χ0v) is 21.3. The molecule has 2 N–H and O–H groups in total. The topological polar surface area (TPSA) is 115 Å². The molecular formula is C26H33N5O5. The van der Waals surface area contributed by atoms with Gasteiger partial charge in [0.15, 0.2) is 11.5 Å². The first-order valence-corrected chi connectivity index (χ1v) is 11.6. The first-order valence-electron chi connectivity index (χ1n) is 11.6. The molecule has 0 saturated carbocycles. The van der Waals surface area contributed by atoms with E-state index < -0.39 is 12.0 Å². The number of hydrogen-bond acceptors (Lipinski definition) is 9. The highest BCUT2D eigenvalue weighted by Gasteiger charge is 2.20. The number of fused-ring (bicyclic) bond motifs is 1. The third kappa shape index (κ3) is 7.29. The van der Waals surface area contributed by atoms with Gasteiger partial charge in [-0.2, -0.15) is 0 Å². The molecule has 0 fully saturated rings. The molecule has 0 saturated heterocycles. The summed E-state index contributed by atoms with van der Waals surface area (Å²) in [5, 5.41) is 6.74. The van der Waals surface area contributed by atoms with Crippen molar-refractivity contribution in [2.75, 3.05) is 46.8 Å². The van der Waals surface area contributed by atoms with Crippen molar-refractivity contribution < 1.29 is 23.8 Å². The maximum absolute atomic E-state index is 12.0. The molecule has 0 aliphatic heterocycles. The van der Waals surface area contributed by atoms with Crippen molar-refractivity contribution >= 4 is 34.3 Å². The first-order chi connectivity index (χ1) is 17.3. The van der Waals surface area contributed by atoms with E-state index in [0.717, 1.165) is 35.1 Å². The molecule has 0 radical (unpaired) electrons. The minimum Gasteiger partial charge on any atom is -0.493 e. The van der Waals surface area contributed by atoms with Crippen LogP contribution in [0.15, 0.2) is 42.7 Å². The Hall–Kier alpha value is -3.92. The largest absolute Gasteiger partial charge is 0.493 e. The average Bonchev–Trinajstić information content (AvgIpc) is 2.86. The third-order valence-electron chi connectivity index (χ3n) is 5.45. The van der Waals surface area contributed by atoms with Gasteiger partial charge in [0.2, 0.25) is 5.91 Å². The lowest BCUT2D eigenvalue weighted by Gasteiger charge is -2.16. The molecule has 10 nitrogen and oxygen atoms in total. The highest BCUT2D eigenvalue weighted by Crippen LogP contribution is 2.34. The maximum atomic E-state index is 12.0. The summed E-state index contributed by atoms with van der Waals surface area (Å²) in [6.07, 6.45) is 2.69. The van der Waals surface area contributed by atoms with Gasteiger partial charge < -0.3 is 29.7 Å². The molecule has 0 spiro atoms. The van der Waals surface area contributed by atoms with Crippen LogP contribution in [0.5, 0.6) is 11.5 Å². The summed E-state index contributed by atoms with van der Waals surface area (Å²) in [4.78, 5) is 34.3. The Morgan fingerprint density at radius 1 is 1.06 bits per heavy atom. The molecule has 3 rings (SSSR count). The second-order valence-electron chi connectivity index (χ2n) is 8.55. The summed E-state index contributed by atoms with van der Waals surface area (Å²) in [5.41, 5.74) is 2.39. The van der Waals surface area contributed by atoms with Gasteiger partial charge in [-0.25, -0.2) is 14.8 Å². The molecular weight excluding hydrogens is 462 g/mol. The Morgan fingerprint density at radius 2 is 1.81 bits per heavy atom. The molecule has 10 heteroatoms. The number of ether oxygens (including phenoxy) is 3. The van der Waals surface area contributed by atoms with Crippen LogP contribution < -0.4 is 20.1 Å². The molecule has 2 aromatic carbocycles. The molecule has 0 aliphatic carbocycles. The number of aromatic nitrogens is 2. The van der Waals surface area contributed by atoms with Crippen LogP contribution in [0.3, 0.4) is 0 Å². The summed E-state index contributed by atoms with van der Waals surface area (Å²) in [5.74, 6) is 1.08. The van der Waals surface area contributed by atoms with Crippen LogP contribution in [0, 0.1) is 0 Å². The number of methoxy groups -OCH3 is 2. The molecule has 0 bridgehead atoms. The van der Waals surface area contributed by atoms with E-state index in [9.17, 15) is 9.59 Å². The fraction of sp³-hybridized carbons (Fsp3) is 0.385. The van der Waals surface area contributed by atoms with Crippen LogP contribution in [-0.2, 0) is 20.7 Å². The molecule has 192 valence electrons. The van der Waals surface area contributed by atoms with Crippen molar-refractivity contribution in [3.8, 4) is 11.5 Å². The highest BCUT2D eigenvalue weighted by molar-refractivity contribution is 5.93. The van der Waals surface area contributed by atoms with Gasteiger partial charge in [-0.15, -0.1) is 0 Å². The normalized spacial score (nSPS) is 11.7. The zero-order chi connectivity index (χ0) is 26.1. The van der Waals surface area contributed by atoms with Gasteiger partial charge in [-0.05, 0) is 44.3 Å². The fourth-order valence-corrected chi connectivity index (χ4v) is 3.68. The van der Waals surface area contributed by atoms with Gasteiger partial charge in [-0.3, -0.25) is 4.79 Å². The second kappa shape index (κ2) is 12.7. The molecule has 0 aliphatic rings. The van der Waals surface area contributed by atoms with Crippen LogP contribution in [0.2, 0.25) is 0 Å². The minimum absolute atomic E-state index is 0.294. The molecule has 1 heterocycles. The van der Waals surface area contributed by atoms with Crippen molar-refractivity contribution in [3.63, 3.8) is 0 Å². The maximum Gasteiger partial charge on any atom is 0.328 e. The van der Waals surface area contributed by atoms with E-state index in [2.05, 4.69) is 25.5 Å². The van der Waals surface area contributed by atoms with Crippen LogP contribution in [0.25, 0.3) is 10.9 Å². The van der Waals surface area contributed by atoms with E-state index in [1.165, 1.54) is 20.4 Å². The monoisotopic (exact) mass is 495 g/mol. The van der Waals surface area contributed by atoms with Gasteiger partial charge in [0.25, 0.3) is 0 Å². The molecule has 1 aromatic heterocycles. The number of carbonyl (C=O) groups is 2. The summed E-state index contributed by atoms with van der Waals surface area (Å²) < 4.78 is 16.3. The number of hydrogen-bond donors (Lipinski definition) is 2. The molecule has 36 heavy (non-hydrogen) atoms. The van der Waals surface area contributed by atoms with E-state index in [-0.39, 0.29) is 5.91 Å². The molecule has 1 atom stereocenters. The van der Waals surface area contributed by atoms with E-state index >= 15 is 0 Å². The highest BCUT2D eigenvalue weighted by atomic mass is 16.5. The lowest BCUT2D eigenvalue weighted by molar-refractivity contribution is -0.144. The van der Waals surface area contributed by atoms with Crippen molar-refractivity contribution in [2.45, 2.75) is 25.8 Å². The van der Waals surface area contributed by atoms with Crippen LogP contribution in [0.1, 0.15) is 18.9 Å². The second-order valence-corrected chi connectivity index (χ2v) is 8.55. The van der Waals surface area contributed by atoms with Crippen LogP contribution in [-0.4, -0.2) is 74.3 Å². The Bertz CT molecular complexity index is 1180. The van der Waals surface area contributed by atoms with Crippen molar-refractivity contribution in [1.29, 1.82) is 0 Å². The smallest absolute Gasteiger partial charge is 0.328 e. The van der Waals surface area contributed by atoms with E-state index in [1.807, 2.05) is 50.5 Å². The molecule has 3 aromatic rings. The third-order valence-corrected chi connectivity index (χ3v) is 5.45. The van der Waals surface area contributed by atoms with Crippen molar-refractivity contribution in [2.24, 2.45) is 0 Å². The summed E-state index contributed by atoms with van der Waals surface area (Å²) in [6, 6.07) is 10.5. The van der Waals surface area contributed by atoms with Gasteiger partial charge in [0, 0.05) is 37.0 Å². The molecule has 0 unspecified atom stereocenters. The number of benzene rings is 2. The van der Waals surface area contributed by atoms with Crippen molar-refractivity contribution in [1.82, 2.24) is 20.2 Å². The predicted molar refractivity (Wildman–Crippen MR) is 138 cm³/mol. The number of rotatable bonds is 12. The Kier molecular flexibility index (Phi) is 9.40. The number of carbonyl (C=O) groups excluding carboxylic acids is 2. The number of nitrogens with zero attached hydrogens (tertiary/aromatic N) is 3. The van der Waals surface area contributed by atoms with E-state index in [1.54, 1.807) is 7.11 Å². The van der Waals surface area contributed by atoms with Gasteiger partial charge >= 0.3 is 5.97 Å². The van der Waals surface area contributed by atoms with Gasteiger partial charge in [-0.1, -0.05) is 12.1 Å². The van der Waals surface area contributed by atoms with E-state index in [4.69, 9.17) is 14.2 Å². The SMILES string of the molecule is COC(=O)[C@@H](Cc1ccc(Nc2ncnc3cc(OC)c(OCCCN(C)C)cc23)cc1)NC(C)=O. The number of nitrogens with one attached hydrogen (secondary N) is 2. The fourth-order valence-electron chi connectivity index (χ4n) is 3.68. The van der Waals surface area contributed by atoms with Gasteiger partial charge in [0.05, 0.1) is 26.3 Å². The zero-order valence-electron chi connectivity index (χ0n) is 21.3. The number of esters is 1. The lowest BCUT2D eigenvalue weighted by atomic mass is 10.1.